The van der Waals surface area contributed by atoms with E-state index in [-0.39, 0.29) is 30.5 Å². The van der Waals surface area contributed by atoms with Gasteiger partial charge in [-0.1, -0.05) is 0 Å². The molecule has 3 aliphatic rings. The molecular formula is C23H28F3N7O3S. The van der Waals surface area contributed by atoms with E-state index in [9.17, 15) is 22.8 Å². The number of carbonyl (C=O) groups is 2. The Bertz CT molecular complexity index is 1170. The summed E-state index contributed by atoms with van der Waals surface area (Å²) in [5.74, 6) is 4.95. The van der Waals surface area contributed by atoms with E-state index in [0.717, 1.165) is 42.4 Å². The maximum atomic E-state index is 13.4. The van der Waals surface area contributed by atoms with Crippen LogP contribution in [-0.4, -0.2) is 47.8 Å². The van der Waals surface area contributed by atoms with Crippen LogP contribution in [0.4, 0.5) is 18.0 Å². The highest BCUT2D eigenvalue weighted by Gasteiger charge is 2.37. The van der Waals surface area contributed by atoms with Crippen molar-refractivity contribution in [1.82, 2.24) is 21.0 Å². The molecule has 3 heterocycles. The van der Waals surface area contributed by atoms with Crippen LogP contribution in [0.2, 0.25) is 0 Å². The van der Waals surface area contributed by atoms with E-state index < -0.39 is 29.7 Å². The Morgan fingerprint density at radius 2 is 2.03 bits per heavy atom. The third-order valence-electron chi connectivity index (χ3n) is 6.32. The molecule has 14 heteroatoms. The number of aliphatic imine (C=N–C) groups is 2. The second-order valence-corrected chi connectivity index (χ2v) is 9.70. The van der Waals surface area contributed by atoms with Crippen LogP contribution < -0.4 is 21.9 Å². The summed E-state index contributed by atoms with van der Waals surface area (Å²) in [4.78, 5) is 37.1. The van der Waals surface area contributed by atoms with Crippen molar-refractivity contribution in [2.75, 3.05) is 13.1 Å². The molecule has 0 bridgehead atoms. The van der Waals surface area contributed by atoms with Crippen LogP contribution in [0.15, 0.2) is 32.7 Å². The lowest BCUT2D eigenvalue weighted by molar-refractivity contribution is -0.140. The van der Waals surface area contributed by atoms with Crippen molar-refractivity contribution in [2.45, 2.75) is 57.7 Å². The molecule has 1 atom stereocenters. The van der Waals surface area contributed by atoms with Gasteiger partial charge in [0.05, 0.1) is 12.5 Å². The summed E-state index contributed by atoms with van der Waals surface area (Å²) in [6.07, 6.45) is 0.822. The Morgan fingerprint density at radius 1 is 1.27 bits per heavy atom. The molecule has 4 rings (SSSR count). The molecule has 0 spiro atoms. The average molecular weight is 540 g/mol. The van der Waals surface area contributed by atoms with Gasteiger partial charge in [0.25, 0.3) is 5.91 Å². The lowest BCUT2D eigenvalue weighted by atomic mass is 9.84. The summed E-state index contributed by atoms with van der Waals surface area (Å²) >= 11 is 0.861. The highest BCUT2D eigenvalue weighted by atomic mass is 32.1. The van der Waals surface area contributed by atoms with Gasteiger partial charge in [-0.15, -0.1) is 11.3 Å². The van der Waals surface area contributed by atoms with E-state index in [1.807, 2.05) is 0 Å². The molecule has 10 nitrogen and oxygen atoms in total. The Balaban J connectivity index is 1.72. The van der Waals surface area contributed by atoms with E-state index in [1.165, 1.54) is 6.20 Å². The Hall–Kier alpha value is -3.26. The zero-order valence-corrected chi connectivity index (χ0v) is 21.0. The van der Waals surface area contributed by atoms with E-state index in [1.54, 1.807) is 6.92 Å². The summed E-state index contributed by atoms with van der Waals surface area (Å²) in [5.41, 5.74) is 2.54. The van der Waals surface area contributed by atoms with Crippen LogP contribution in [0.3, 0.4) is 0 Å². The molecule has 5 N–H and O–H groups in total. The molecule has 1 aliphatic carbocycles. The van der Waals surface area contributed by atoms with Gasteiger partial charge in [-0.25, -0.2) is 20.6 Å². The van der Waals surface area contributed by atoms with Crippen LogP contribution in [-0.2, 0) is 15.7 Å². The van der Waals surface area contributed by atoms with Gasteiger partial charge in [0.15, 0.2) is 11.6 Å². The summed E-state index contributed by atoms with van der Waals surface area (Å²) < 4.78 is 46.3. The summed E-state index contributed by atoms with van der Waals surface area (Å²) in [6, 6.07) is -0.464. The van der Waals surface area contributed by atoms with Gasteiger partial charge in [0.2, 0.25) is 0 Å². The first-order valence-corrected chi connectivity index (χ1v) is 12.8. The topological polar surface area (TPSA) is 143 Å². The maximum absolute atomic E-state index is 13.4. The van der Waals surface area contributed by atoms with E-state index in [2.05, 4.69) is 31.0 Å². The molecule has 0 saturated heterocycles. The van der Waals surface area contributed by atoms with Gasteiger partial charge in [-0.2, -0.15) is 13.2 Å². The third kappa shape index (κ3) is 6.36. The van der Waals surface area contributed by atoms with Crippen LogP contribution >= 0.6 is 11.3 Å². The first kappa shape index (κ1) is 26.8. The Labute approximate surface area is 215 Å². The summed E-state index contributed by atoms with van der Waals surface area (Å²) in [6.45, 7) is 2.22. The molecule has 200 valence electrons. The minimum Gasteiger partial charge on any atom is -0.477 e. The normalized spacial score (nSPS) is 20.7. The Morgan fingerprint density at radius 3 is 2.68 bits per heavy atom. The average Bonchev–Trinajstić information content (AvgIpc) is 3.56. The molecular weight excluding hydrogens is 511 g/mol. The van der Waals surface area contributed by atoms with Gasteiger partial charge in [-0.05, 0) is 50.2 Å². The minimum atomic E-state index is -4.60. The number of thiazole rings is 1. The van der Waals surface area contributed by atoms with E-state index >= 15 is 0 Å². The van der Waals surface area contributed by atoms with Crippen molar-refractivity contribution >= 4 is 40.6 Å². The molecule has 1 unspecified atom stereocenters. The van der Waals surface area contributed by atoms with Crippen molar-refractivity contribution in [2.24, 2.45) is 21.7 Å². The molecule has 1 fully saturated rings. The number of hydrogen-bond donors (Lipinski definition) is 4. The highest BCUT2D eigenvalue weighted by Crippen LogP contribution is 2.39. The monoisotopic (exact) mass is 539 g/mol. The number of urea groups is 1. The number of nitrogens with one attached hydrogen (secondary N) is 3. The zero-order valence-electron chi connectivity index (χ0n) is 20.2. The summed E-state index contributed by atoms with van der Waals surface area (Å²) in [7, 11) is 0. The molecule has 1 aromatic heterocycles. The van der Waals surface area contributed by atoms with Gasteiger partial charge in [0.1, 0.15) is 16.9 Å². The molecule has 0 radical (unpaired) electrons. The lowest BCUT2D eigenvalue weighted by Crippen LogP contribution is -2.41. The number of halogens is 3. The lowest BCUT2D eigenvalue weighted by Gasteiger charge is -2.30. The van der Waals surface area contributed by atoms with E-state index in [0.29, 0.717) is 35.0 Å². The molecule has 3 amide bonds. The number of amides is 3. The number of carbonyl (C=O) groups excluding carboxylic acids is 2. The molecule has 2 aliphatic heterocycles. The number of dihydropyridines is 1. The first-order chi connectivity index (χ1) is 17.7. The largest absolute Gasteiger partial charge is 0.477 e. The number of hydrazine groups is 1. The van der Waals surface area contributed by atoms with Crippen LogP contribution in [0.1, 0.15) is 56.2 Å². The fraction of sp³-hybridized carbons (Fsp3) is 0.522. The molecule has 0 aromatic carbocycles. The number of nitrogens with zero attached hydrogens (tertiary/aromatic N) is 3. The SMILES string of the molecule is CCNC(=O)NC1=NCC(C2CC(C(=O)NN)=CN=C2OC2CCCC2)=C(c2nc(C(F)(F)F)cs2)C1. The molecule has 1 aromatic rings. The van der Waals surface area contributed by atoms with E-state index in [4.69, 9.17) is 10.6 Å². The van der Waals surface area contributed by atoms with Gasteiger partial charge in [0, 0.05) is 30.1 Å². The van der Waals surface area contributed by atoms with Gasteiger partial charge >= 0.3 is 12.2 Å². The van der Waals surface area contributed by atoms with Crippen LogP contribution in [0.25, 0.3) is 5.57 Å². The molecule has 1 saturated carbocycles. The van der Waals surface area contributed by atoms with Crippen molar-refractivity contribution in [3.63, 3.8) is 0 Å². The predicted octanol–water partition coefficient (Wildman–Crippen LogP) is 3.29. The highest BCUT2D eigenvalue weighted by molar-refractivity contribution is 7.10. The maximum Gasteiger partial charge on any atom is 0.434 e. The number of alkyl halides is 3. The van der Waals surface area contributed by atoms with Crippen LogP contribution in [0.5, 0.6) is 0 Å². The smallest absolute Gasteiger partial charge is 0.434 e. The number of nitrogens with two attached hydrogens (primary N) is 1. The number of hydrogen-bond acceptors (Lipinski definition) is 8. The number of aromatic nitrogens is 1. The second kappa shape index (κ2) is 11.4. The number of rotatable bonds is 5. The first-order valence-electron chi connectivity index (χ1n) is 12.0. The van der Waals surface area contributed by atoms with Gasteiger partial charge in [-0.3, -0.25) is 20.5 Å². The fourth-order valence-corrected chi connectivity index (χ4v) is 5.41. The number of amidine groups is 1. The van der Waals surface area contributed by atoms with Crippen molar-refractivity contribution in [3.05, 3.63) is 33.4 Å². The quantitative estimate of drug-likeness (QED) is 0.258. The van der Waals surface area contributed by atoms with Crippen LogP contribution in [0, 0.1) is 5.92 Å². The second-order valence-electron chi connectivity index (χ2n) is 8.84. The van der Waals surface area contributed by atoms with Crippen molar-refractivity contribution in [1.29, 1.82) is 0 Å². The minimum absolute atomic E-state index is 0.0256. The Kier molecular flexibility index (Phi) is 8.27. The zero-order chi connectivity index (χ0) is 26.6. The van der Waals surface area contributed by atoms with Crippen molar-refractivity contribution < 1.29 is 27.5 Å². The molecule has 37 heavy (non-hydrogen) atoms. The third-order valence-corrected chi connectivity index (χ3v) is 7.22. The van der Waals surface area contributed by atoms with Crippen molar-refractivity contribution in [3.8, 4) is 0 Å². The fourth-order valence-electron chi connectivity index (χ4n) is 4.51. The summed E-state index contributed by atoms with van der Waals surface area (Å²) in [5, 5.41) is 6.38. The van der Waals surface area contributed by atoms with Gasteiger partial charge < -0.3 is 10.1 Å². The standard InChI is InChI=1S/C23H28F3N7O3S/c1-2-28-22(35)32-18-8-15(21-31-17(11-37-21)23(24,25)26)16(10-29-18)14-7-12(19(34)33-27)9-30-20(14)36-13-5-3-4-6-13/h9,11,13-14H,2-8,10,27H2,1H3,(H,33,34)(H2,28,29,32,35). The predicted molar refractivity (Wildman–Crippen MR) is 132 cm³/mol. The number of ether oxygens (including phenoxy) is 1.